The van der Waals surface area contributed by atoms with Gasteiger partial charge < -0.3 is 19.3 Å². The zero-order chi connectivity index (χ0) is 32.2. The van der Waals surface area contributed by atoms with Gasteiger partial charge in [-0.15, -0.1) is 0 Å². The fourth-order valence-electron chi connectivity index (χ4n) is 3.83. The van der Waals surface area contributed by atoms with E-state index in [1.54, 1.807) is 17.0 Å². The Labute approximate surface area is 275 Å². The van der Waals surface area contributed by atoms with E-state index in [-0.39, 0.29) is 24.2 Å². The first kappa shape index (κ1) is 37.0. The van der Waals surface area contributed by atoms with Gasteiger partial charge in [-0.1, -0.05) is 101 Å². The van der Waals surface area contributed by atoms with Gasteiger partial charge in [-0.25, -0.2) is 9.59 Å². The highest BCUT2D eigenvalue weighted by Gasteiger charge is 2.17. The van der Waals surface area contributed by atoms with Gasteiger partial charge in [0.05, 0.1) is 11.5 Å². The van der Waals surface area contributed by atoms with Crippen LogP contribution in [0.3, 0.4) is 0 Å². The number of amides is 2. The van der Waals surface area contributed by atoms with E-state index in [9.17, 15) is 18.0 Å². The SMILES string of the molecule is CCN(CCCI)C(=O)OCc1ccccc1.CCN(CCCOS(=O)(=O)c1ccc(C)cc1)C(=O)OCc1ccccc1. The van der Waals surface area contributed by atoms with Gasteiger partial charge >= 0.3 is 12.2 Å². The van der Waals surface area contributed by atoms with Gasteiger partial charge in [0, 0.05) is 30.6 Å². The van der Waals surface area contributed by atoms with Crippen LogP contribution >= 0.6 is 22.6 Å². The molecule has 3 rings (SSSR count). The number of halogens is 1. The third kappa shape index (κ3) is 14.1. The molecule has 0 heterocycles. The van der Waals surface area contributed by atoms with Crippen LogP contribution in [0.4, 0.5) is 9.59 Å². The first-order valence-electron chi connectivity index (χ1n) is 14.6. The molecule has 0 aliphatic heterocycles. The third-order valence-electron chi connectivity index (χ3n) is 6.37. The number of alkyl halides is 1. The number of benzene rings is 3. The Morgan fingerprint density at radius 2 is 1.16 bits per heavy atom. The summed E-state index contributed by atoms with van der Waals surface area (Å²) in [5, 5.41) is 0. The Morgan fingerprint density at radius 3 is 1.59 bits per heavy atom. The van der Waals surface area contributed by atoms with Crippen molar-refractivity contribution < 1.29 is 31.7 Å². The minimum absolute atomic E-state index is 0.00131. The molecule has 3 aromatic rings. The quantitative estimate of drug-likeness (QED) is 0.0703. The van der Waals surface area contributed by atoms with Crippen LogP contribution in [0.5, 0.6) is 0 Å². The molecule has 240 valence electrons. The molecule has 0 fully saturated rings. The summed E-state index contributed by atoms with van der Waals surface area (Å²) in [4.78, 5) is 27.3. The molecular formula is C33H43IN2O7S. The minimum atomic E-state index is -3.78. The van der Waals surface area contributed by atoms with E-state index in [1.165, 1.54) is 17.0 Å². The van der Waals surface area contributed by atoms with Crippen molar-refractivity contribution in [2.75, 3.05) is 37.2 Å². The Kier molecular flexibility index (Phi) is 17.4. The Bertz CT molecular complexity index is 1340. The molecule has 3 aromatic carbocycles. The molecule has 2 amide bonds. The molecule has 0 radical (unpaired) electrons. The molecule has 11 heteroatoms. The zero-order valence-corrected chi connectivity index (χ0v) is 28.7. The van der Waals surface area contributed by atoms with Crippen LogP contribution in [-0.2, 0) is 37.0 Å². The Hall–Kier alpha value is -3.16. The first-order chi connectivity index (χ1) is 21.2. The van der Waals surface area contributed by atoms with Crippen molar-refractivity contribution in [3.8, 4) is 0 Å². The average molecular weight is 739 g/mol. The number of carbonyl (C=O) groups excluding carboxylic acids is 2. The standard InChI is InChI=1S/C20H25NO5S.C13H18INO2/c1-3-21(20(22)25-16-18-8-5-4-6-9-18)14-7-15-26-27(23,24)19-12-10-17(2)11-13-19;1-2-15(10-6-9-14)13(16)17-11-12-7-4-3-5-8-12/h4-6,8-13H,3,7,14-16H2,1-2H3;3-5,7-8H,2,6,9-11H2,1H3. The lowest BCUT2D eigenvalue weighted by Crippen LogP contribution is -2.32. The van der Waals surface area contributed by atoms with Gasteiger partial charge in [0.1, 0.15) is 13.2 Å². The summed E-state index contributed by atoms with van der Waals surface area (Å²) in [6, 6.07) is 25.6. The summed E-state index contributed by atoms with van der Waals surface area (Å²) in [7, 11) is -3.78. The molecule has 0 saturated carbocycles. The van der Waals surface area contributed by atoms with E-state index in [4.69, 9.17) is 13.7 Å². The van der Waals surface area contributed by atoms with Crippen LogP contribution in [0.25, 0.3) is 0 Å². The van der Waals surface area contributed by atoms with Crippen molar-refractivity contribution in [1.82, 2.24) is 9.80 Å². The van der Waals surface area contributed by atoms with Gasteiger partial charge in [0.15, 0.2) is 0 Å². The lowest BCUT2D eigenvalue weighted by molar-refractivity contribution is 0.0959. The Balaban J connectivity index is 0.000000342. The number of aryl methyl sites for hydroxylation is 1. The number of rotatable bonds is 15. The lowest BCUT2D eigenvalue weighted by atomic mass is 10.2. The molecule has 0 N–H and O–H groups in total. The molecule has 0 aliphatic rings. The van der Waals surface area contributed by atoms with Crippen LogP contribution in [0.15, 0.2) is 89.8 Å². The van der Waals surface area contributed by atoms with Crippen molar-refractivity contribution in [1.29, 1.82) is 0 Å². The van der Waals surface area contributed by atoms with Gasteiger partial charge in [0.25, 0.3) is 10.1 Å². The summed E-state index contributed by atoms with van der Waals surface area (Å²) < 4.78 is 40.9. The fraction of sp³-hybridized carbons (Fsp3) is 0.394. The summed E-state index contributed by atoms with van der Waals surface area (Å²) in [5.74, 6) is 0. The van der Waals surface area contributed by atoms with Gasteiger partial charge in [-0.3, -0.25) is 4.18 Å². The van der Waals surface area contributed by atoms with Crippen LogP contribution in [0, 0.1) is 6.92 Å². The molecule has 0 aliphatic carbocycles. The molecule has 0 unspecified atom stereocenters. The normalized spacial score (nSPS) is 10.7. The maximum Gasteiger partial charge on any atom is 0.410 e. The highest BCUT2D eigenvalue weighted by molar-refractivity contribution is 14.1. The van der Waals surface area contributed by atoms with E-state index >= 15 is 0 Å². The van der Waals surface area contributed by atoms with E-state index in [2.05, 4.69) is 22.6 Å². The zero-order valence-electron chi connectivity index (χ0n) is 25.7. The molecule has 0 atom stereocenters. The highest BCUT2D eigenvalue weighted by atomic mass is 127. The molecule has 0 bridgehead atoms. The van der Waals surface area contributed by atoms with Crippen molar-refractivity contribution in [2.24, 2.45) is 0 Å². The molecular weight excluding hydrogens is 695 g/mol. The smallest absolute Gasteiger partial charge is 0.410 e. The Morgan fingerprint density at radius 1 is 0.705 bits per heavy atom. The predicted octanol–water partition coefficient (Wildman–Crippen LogP) is 7.22. The van der Waals surface area contributed by atoms with E-state index in [0.717, 1.165) is 34.1 Å². The third-order valence-corrected chi connectivity index (χ3v) is 8.46. The van der Waals surface area contributed by atoms with E-state index in [1.807, 2.05) is 81.4 Å². The minimum Gasteiger partial charge on any atom is -0.445 e. The van der Waals surface area contributed by atoms with Gasteiger partial charge in [-0.2, -0.15) is 8.42 Å². The second-order valence-electron chi connectivity index (χ2n) is 9.72. The van der Waals surface area contributed by atoms with Crippen LogP contribution in [-0.4, -0.2) is 67.6 Å². The van der Waals surface area contributed by atoms with Gasteiger partial charge in [0.2, 0.25) is 0 Å². The van der Waals surface area contributed by atoms with Crippen LogP contribution < -0.4 is 0 Å². The maximum atomic E-state index is 12.1. The number of ether oxygens (including phenoxy) is 2. The summed E-state index contributed by atoms with van der Waals surface area (Å²) in [6.07, 6.45) is 0.748. The largest absolute Gasteiger partial charge is 0.445 e. The predicted molar refractivity (Wildman–Crippen MR) is 180 cm³/mol. The molecule has 44 heavy (non-hydrogen) atoms. The number of hydrogen-bond acceptors (Lipinski definition) is 7. The van der Waals surface area contributed by atoms with Crippen molar-refractivity contribution in [3.63, 3.8) is 0 Å². The topological polar surface area (TPSA) is 102 Å². The highest BCUT2D eigenvalue weighted by Crippen LogP contribution is 2.14. The molecule has 0 aromatic heterocycles. The summed E-state index contributed by atoms with van der Waals surface area (Å²) in [6.45, 7) is 8.54. The first-order valence-corrected chi connectivity index (χ1v) is 17.6. The molecule has 9 nitrogen and oxygen atoms in total. The number of hydrogen-bond donors (Lipinski definition) is 0. The van der Waals surface area contributed by atoms with E-state index in [0.29, 0.717) is 32.7 Å². The van der Waals surface area contributed by atoms with Crippen LogP contribution in [0.2, 0.25) is 0 Å². The van der Waals surface area contributed by atoms with Crippen molar-refractivity contribution in [3.05, 3.63) is 102 Å². The second-order valence-corrected chi connectivity index (χ2v) is 12.4. The average Bonchev–Trinajstić information content (AvgIpc) is 3.04. The van der Waals surface area contributed by atoms with Gasteiger partial charge in [-0.05, 0) is 56.9 Å². The summed E-state index contributed by atoms with van der Waals surface area (Å²) in [5.41, 5.74) is 2.90. The van der Waals surface area contributed by atoms with Crippen molar-refractivity contribution in [2.45, 2.75) is 51.7 Å². The molecule has 0 spiro atoms. The van der Waals surface area contributed by atoms with Crippen molar-refractivity contribution >= 4 is 44.9 Å². The maximum absolute atomic E-state index is 12.1. The monoisotopic (exact) mass is 738 g/mol. The summed E-state index contributed by atoms with van der Waals surface area (Å²) >= 11 is 2.31. The second kappa shape index (κ2) is 20.7. The molecule has 0 saturated heterocycles. The number of carbonyl (C=O) groups is 2. The van der Waals surface area contributed by atoms with E-state index < -0.39 is 16.2 Å². The number of nitrogens with zero attached hydrogens (tertiary/aromatic N) is 2. The fourth-order valence-corrected chi connectivity index (χ4v) is 5.11. The lowest BCUT2D eigenvalue weighted by Gasteiger charge is -2.20. The van der Waals surface area contributed by atoms with Crippen LogP contribution in [0.1, 0.15) is 43.4 Å².